The number of methoxy groups -OCH3 is 1. The molecule has 0 saturated carbocycles. The van der Waals surface area contributed by atoms with E-state index in [2.05, 4.69) is 0 Å². The molecule has 2 saturated heterocycles. The Morgan fingerprint density at radius 2 is 1.82 bits per heavy atom. The summed E-state index contributed by atoms with van der Waals surface area (Å²) in [4.78, 5) is 55.4. The Kier molecular flexibility index (Phi) is 5.88. The first-order valence-corrected chi connectivity index (χ1v) is 10.5. The van der Waals surface area contributed by atoms with Gasteiger partial charge in [-0.2, -0.15) is 0 Å². The third-order valence-corrected chi connectivity index (χ3v) is 6.31. The van der Waals surface area contributed by atoms with Crippen LogP contribution in [0.4, 0.5) is 10.1 Å². The molecule has 0 aromatic heterocycles. The number of ether oxygens (including phenoxy) is 1. The average molecular weight is 453 g/mol. The zero-order valence-electron chi connectivity index (χ0n) is 18.4. The van der Waals surface area contributed by atoms with E-state index in [1.165, 1.54) is 30.1 Å². The number of hydrogen-bond donors (Lipinski definition) is 0. The summed E-state index contributed by atoms with van der Waals surface area (Å²) in [6, 6.07) is 12.5. The minimum atomic E-state index is -1.49. The second-order valence-electron chi connectivity index (χ2n) is 8.27. The van der Waals surface area contributed by atoms with Gasteiger partial charge in [0.1, 0.15) is 18.1 Å². The van der Waals surface area contributed by atoms with Crippen molar-refractivity contribution in [2.45, 2.75) is 18.3 Å². The predicted octanol–water partition coefficient (Wildman–Crippen LogP) is 1.73. The zero-order chi connectivity index (χ0) is 23.8. The van der Waals surface area contributed by atoms with Gasteiger partial charge in [-0.25, -0.2) is 4.39 Å². The van der Waals surface area contributed by atoms with Gasteiger partial charge in [-0.15, -0.1) is 0 Å². The van der Waals surface area contributed by atoms with Gasteiger partial charge in [0.15, 0.2) is 0 Å². The molecule has 2 fully saturated rings. The number of amides is 4. The van der Waals surface area contributed by atoms with Crippen LogP contribution >= 0.6 is 0 Å². The standard InChI is InChI=1S/C24H24FN3O5/c1-26-20(29)13-24(23(26)32,16-5-3-6-17(25)11-16)14-21(30)27-9-10-28(22(31)15-27)18-7-4-8-19(12-18)33-2/h3-8,11-12H,9-10,13-15H2,1-2H3. The predicted molar refractivity (Wildman–Crippen MR) is 117 cm³/mol. The minimum absolute atomic E-state index is 0.159. The SMILES string of the molecule is COc1cccc(N2CCN(C(=O)CC3(c4cccc(F)c4)CC(=O)N(C)C3=O)CC2=O)c1. The number of hydrogen-bond acceptors (Lipinski definition) is 5. The maximum absolute atomic E-state index is 13.9. The highest BCUT2D eigenvalue weighted by Gasteiger charge is 2.53. The Bertz CT molecular complexity index is 1140. The summed E-state index contributed by atoms with van der Waals surface area (Å²) >= 11 is 0. The second kappa shape index (κ2) is 8.65. The van der Waals surface area contributed by atoms with Crippen molar-refractivity contribution in [2.75, 3.05) is 38.7 Å². The first-order chi connectivity index (χ1) is 15.7. The van der Waals surface area contributed by atoms with Crippen LogP contribution in [0.1, 0.15) is 18.4 Å². The number of anilines is 1. The van der Waals surface area contributed by atoms with Crippen LogP contribution in [-0.2, 0) is 24.6 Å². The number of carbonyl (C=O) groups excluding carboxylic acids is 4. The van der Waals surface area contributed by atoms with Crippen molar-refractivity contribution in [3.05, 3.63) is 59.9 Å². The van der Waals surface area contributed by atoms with E-state index in [1.807, 2.05) is 0 Å². The number of benzene rings is 2. The first kappa shape index (κ1) is 22.4. The molecule has 0 radical (unpaired) electrons. The fourth-order valence-electron chi connectivity index (χ4n) is 4.45. The molecular weight excluding hydrogens is 429 g/mol. The van der Waals surface area contributed by atoms with Crippen molar-refractivity contribution in [1.82, 2.24) is 9.80 Å². The molecule has 8 nitrogen and oxygen atoms in total. The summed E-state index contributed by atoms with van der Waals surface area (Å²) in [5.74, 6) is -1.63. The molecule has 2 aromatic rings. The number of likely N-dealkylation sites (tertiary alicyclic amines) is 1. The molecule has 172 valence electrons. The topological polar surface area (TPSA) is 87.2 Å². The molecule has 2 aliphatic heterocycles. The highest BCUT2D eigenvalue weighted by atomic mass is 19.1. The summed E-state index contributed by atoms with van der Waals surface area (Å²) in [7, 11) is 2.89. The summed E-state index contributed by atoms with van der Waals surface area (Å²) < 4.78 is 19.2. The van der Waals surface area contributed by atoms with Crippen LogP contribution < -0.4 is 9.64 Å². The van der Waals surface area contributed by atoms with Crippen LogP contribution in [0.3, 0.4) is 0 Å². The lowest BCUT2D eigenvalue weighted by Gasteiger charge is -2.36. The molecule has 2 aliphatic rings. The van der Waals surface area contributed by atoms with E-state index in [9.17, 15) is 23.6 Å². The average Bonchev–Trinajstić information content (AvgIpc) is 3.03. The molecule has 2 aromatic carbocycles. The Hall–Kier alpha value is -3.75. The number of rotatable bonds is 5. The Balaban J connectivity index is 1.54. The van der Waals surface area contributed by atoms with Crippen LogP contribution in [0.25, 0.3) is 0 Å². The van der Waals surface area contributed by atoms with E-state index in [0.29, 0.717) is 11.4 Å². The van der Waals surface area contributed by atoms with Gasteiger partial charge in [-0.1, -0.05) is 18.2 Å². The van der Waals surface area contributed by atoms with Crippen LogP contribution in [-0.4, -0.2) is 67.2 Å². The fraction of sp³-hybridized carbons (Fsp3) is 0.333. The number of likely N-dealkylation sites (N-methyl/N-ethyl adjacent to an activating group) is 1. The van der Waals surface area contributed by atoms with E-state index >= 15 is 0 Å². The van der Waals surface area contributed by atoms with Gasteiger partial charge < -0.3 is 14.5 Å². The summed E-state index contributed by atoms with van der Waals surface area (Å²) in [6.07, 6.45) is -0.549. The van der Waals surface area contributed by atoms with Gasteiger partial charge in [-0.3, -0.25) is 24.1 Å². The van der Waals surface area contributed by atoms with E-state index in [-0.39, 0.29) is 43.9 Å². The van der Waals surface area contributed by atoms with Crippen molar-refractivity contribution in [3.63, 3.8) is 0 Å². The molecule has 0 aliphatic carbocycles. The van der Waals surface area contributed by atoms with Gasteiger partial charge in [0.2, 0.25) is 23.6 Å². The number of imide groups is 1. The molecular formula is C24H24FN3O5. The Morgan fingerprint density at radius 3 is 2.45 bits per heavy atom. The van der Waals surface area contributed by atoms with Gasteiger partial charge in [-0.05, 0) is 29.8 Å². The largest absolute Gasteiger partial charge is 0.497 e. The number of nitrogens with zero attached hydrogens (tertiary/aromatic N) is 3. The normalized spacial score (nSPS) is 21.1. The minimum Gasteiger partial charge on any atom is -0.497 e. The van der Waals surface area contributed by atoms with E-state index < -0.39 is 29.0 Å². The highest BCUT2D eigenvalue weighted by molar-refractivity contribution is 6.10. The van der Waals surface area contributed by atoms with E-state index in [4.69, 9.17) is 4.74 Å². The summed E-state index contributed by atoms with van der Waals surface area (Å²) in [6.45, 7) is 0.379. The lowest BCUT2D eigenvalue weighted by Crippen LogP contribution is -2.53. The molecule has 0 bridgehead atoms. The maximum atomic E-state index is 13.9. The first-order valence-electron chi connectivity index (χ1n) is 10.5. The third kappa shape index (κ3) is 4.06. The molecule has 4 amide bonds. The lowest BCUT2D eigenvalue weighted by atomic mass is 9.75. The molecule has 33 heavy (non-hydrogen) atoms. The molecule has 0 spiro atoms. The molecule has 0 N–H and O–H groups in total. The molecule has 1 atom stereocenters. The smallest absolute Gasteiger partial charge is 0.246 e. The van der Waals surface area contributed by atoms with Crippen LogP contribution in [0.15, 0.2) is 48.5 Å². The van der Waals surface area contributed by atoms with Crippen molar-refractivity contribution in [2.24, 2.45) is 0 Å². The lowest BCUT2D eigenvalue weighted by molar-refractivity contribution is -0.142. The van der Waals surface area contributed by atoms with E-state index in [1.54, 1.807) is 42.3 Å². The van der Waals surface area contributed by atoms with Crippen LogP contribution in [0.5, 0.6) is 5.75 Å². The zero-order valence-corrected chi connectivity index (χ0v) is 18.4. The number of halogens is 1. The monoisotopic (exact) mass is 453 g/mol. The highest BCUT2D eigenvalue weighted by Crippen LogP contribution is 2.40. The maximum Gasteiger partial charge on any atom is 0.246 e. The van der Waals surface area contributed by atoms with E-state index in [0.717, 1.165) is 4.90 Å². The van der Waals surface area contributed by atoms with Crippen LogP contribution in [0.2, 0.25) is 0 Å². The molecule has 1 unspecified atom stereocenters. The Morgan fingerprint density at radius 1 is 1.06 bits per heavy atom. The van der Waals surface area contributed by atoms with Gasteiger partial charge in [0.25, 0.3) is 0 Å². The van der Waals surface area contributed by atoms with Crippen molar-refractivity contribution in [1.29, 1.82) is 0 Å². The van der Waals surface area contributed by atoms with Crippen molar-refractivity contribution >= 4 is 29.3 Å². The third-order valence-electron chi connectivity index (χ3n) is 6.31. The summed E-state index contributed by atoms with van der Waals surface area (Å²) in [5.41, 5.74) is -0.543. The number of carbonyl (C=O) groups is 4. The number of piperazine rings is 1. The molecule has 9 heteroatoms. The van der Waals surface area contributed by atoms with Gasteiger partial charge >= 0.3 is 0 Å². The van der Waals surface area contributed by atoms with Crippen molar-refractivity contribution < 1.29 is 28.3 Å². The van der Waals surface area contributed by atoms with Gasteiger partial charge in [0, 0.05) is 44.7 Å². The van der Waals surface area contributed by atoms with Gasteiger partial charge in [0.05, 0.1) is 12.5 Å². The summed E-state index contributed by atoms with van der Waals surface area (Å²) in [5, 5.41) is 0. The quantitative estimate of drug-likeness (QED) is 0.644. The second-order valence-corrected chi connectivity index (χ2v) is 8.27. The molecule has 4 rings (SSSR count). The fourth-order valence-corrected chi connectivity index (χ4v) is 4.45. The van der Waals surface area contributed by atoms with Crippen LogP contribution in [0, 0.1) is 5.82 Å². The molecule has 2 heterocycles. The van der Waals surface area contributed by atoms with Crippen molar-refractivity contribution in [3.8, 4) is 5.75 Å². The Labute approximate surface area is 190 Å².